The number of rotatable bonds is 9. The van der Waals surface area contributed by atoms with Crippen molar-refractivity contribution in [2.75, 3.05) is 7.11 Å². The van der Waals surface area contributed by atoms with Crippen LogP contribution in [0.5, 0.6) is 0 Å². The zero-order chi connectivity index (χ0) is 25.0. The second kappa shape index (κ2) is 9.94. The number of nitrogens with one attached hydrogen (secondary N) is 2. The van der Waals surface area contributed by atoms with Crippen molar-refractivity contribution in [2.24, 2.45) is 0 Å². The number of carbonyl (C=O) groups excluding carboxylic acids is 2. The Bertz CT molecular complexity index is 1210. The van der Waals surface area contributed by atoms with E-state index in [1.54, 1.807) is 0 Å². The molecule has 2 atom stereocenters. The first-order valence-electron chi connectivity index (χ1n) is 9.74. The minimum atomic E-state index is -4.26. The van der Waals surface area contributed by atoms with Crippen LogP contribution >= 0.6 is 0 Å². The molecule has 1 aliphatic heterocycles. The fourth-order valence-electron chi connectivity index (χ4n) is 3.29. The van der Waals surface area contributed by atoms with Gasteiger partial charge in [0.15, 0.2) is 6.17 Å². The van der Waals surface area contributed by atoms with Crippen LogP contribution < -0.4 is 10.0 Å². The van der Waals surface area contributed by atoms with Crippen LogP contribution in [0.2, 0.25) is 0 Å². The lowest BCUT2D eigenvalue weighted by Gasteiger charge is -2.24. The van der Waals surface area contributed by atoms with Crippen LogP contribution in [0.25, 0.3) is 0 Å². The van der Waals surface area contributed by atoms with Gasteiger partial charge in [0, 0.05) is 18.7 Å². The zero-order valence-electron chi connectivity index (χ0n) is 17.7. The Morgan fingerprint density at radius 2 is 1.76 bits per heavy atom. The third-order valence-corrected chi connectivity index (χ3v) is 6.45. The summed E-state index contributed by atoms with van der Waals surface area (Å²) in [6.07, 6.45) is -1.69. The molecule has 1 heterocycles. The molecule has 2 aromatic carbocycles. The van der Waals surface area contributed by atoms with Gasteiger partial charge >= 0.3 is 22.1 Å². The fraction of sp³-hybridized carbons (Fsp3) is 0.250. The quantitative estimate of drug-likeness (QED) is 0.247. The van der Waals surface area contributed by atoms with E-state index in [0.29, 0.717) is 11.1 Å². The van der Waals surface area contributed by atoms with E-state index in [1.165, 1.54) is 55.6 Å². The maximum absolute atomic E-state index is 12.5. The van der Waals surface area contributed by atoms with E-state index < -0.39 is 45.2 Å². The minimum absolute atomic E-state index is 0.168. The minimum Gasteiger partial charge on any atom is -0.480 e. The van der Waals surface area contributed by atoms with Gasteiger partial charge in [-0.05, 0) is 29.7 Å². The molecule has 0 unspecified atom stereocenters. The number of ether oxygens (including phenoxy) is 1. The molecule has 1 saturated heterocycles. The van der Waals surface area contributed by atoms with Crippen molar-refractivity contribution in [1.29, 1.82) is 0 Å². The van der Waals surface area contributed by atoms with Gasteiger partial charge in [-0.25, -0.2) is 9.52 Å². The van der Waals surface area contributed by atoms with Crippen LogP contribution in [-0.4, -0.2) is 59.9 Å². The molecule has 13 nitrogen and oxygen atoms in total. The number of benzene rings is 2. The maximum Gasteiger partial charge on any atom is 0.337 e. The molecular weight excluding hydrogens is 472 g/mol. The topological polar surface area (TPSA) is 185 Å². The second-order valence-corrected chi connectivity index (χ2v) is 8.92. The Labute approximate surface area is 193 Å². The van der Waals surface area contributed by atoms with Crippen molar-refractivity contribution in [3.8, 4) is 0 Å². The molecule has 0 bridgehead atoms. The molecule has 0 aliphatic carbocycles. The number of hydrogen-bond acceptors (Lipinski definition) is 9. The molecule has 3 N–H and O–H groups in total. The SMILES string of the molecule is COC(=O)c1ccc(CN2[C@@H](N[C@@H](Cc3ccc([N+](=O)[O-])cc3)C(=O)O)C(=O)NS2(=O)=O)cc1. The van der Waals surface area contributed by atoms with Gasteiger partial charge < -0.3 is 9.84 Å². The number of aliphatic carboxylic acids is 1. The average Bonchev–Trinajstić information content (AvgIpc) is 3.00. The van der Waals surface area contributed by atoms with Gasteiger partial charge in [-0.15, -0.1) is 0 Å². The lowest BCUT2D eigenvalue weighted by Crippen LogP contribution is -2.53. The van der Waals surface area contributed by atoms with Crippen molar-refractivity contribution >= 4 is 33.7 Å². The highest BCUT2D eigenvalue weighted by Gasteiger charge is 2.45. The van der Waals surface area contributed by atoms with E-state index in [2.05, 4.69) is 10.1 Å². The number of hydrogen-bond donors (Lipinski definition) is 3. The maximum atomic E-state index is 12.5. The van der Waals surface area contributed by atoms with Crippen LogP contribution in [0, 0.1) is 10.1 Å². The second-order valence-electron chi connectivity index (χ2n) is 7.29. The first-order chi connectivity index (χ1) is 16.0. The highest BCUT2D eigenvalue weighted by Crippen LogP contribution is 2.19. The van der Waals surface area contributed by atoms with Gasteiger partial charge in [-0.3, -0.25) is 25.0 Å². The summed E-state index contributed by atoms with van der Waals surface area (Å²) in [5, 5.41) is 23.0. The Hall–Kier alpha value is -3.88. The lowest BCUT2D eigenvalue weighted by molar-refractivity contribution is -0.384. The molecule has 34 heavy (non-hydrogen) atoms. The number of amides is 1. The number of carboxylic acids is 1. The number of methoxy groups -OCH3 is 1. The van der Waals surface area contributed by atoms with Crippen molar-refractivity contribution in [2.45, 2.75) is 25.2 Å². The normalized spacial score (nSPS) is 18.1. The first kappa shape index (κ1) is 24.8. The summed E-state index contributed by atoms with van der Waals surface area (Å²) < 4.78 is 32.2. The van der Waals surface area contributed by atoms with Crippen molar-refractivity contribution in [3.05, 3.63) is 75.3 Å². The van der Waals surface area contributed by atoms with E-state index in [4.69, 9.17) is 0 Å². The predicted octanol–water partition coefficient (Wildman–Crippen LogP) is 0.170. The standard InChI is InChI=1S/C20H20N4O9S/c1-33-20(28)14-6-2-13(3-7-14)11-23-17(18(25)22-34(23,31)32)21-16(19(26)27)10-12-4-8-15(9-5-12)24(29)30/h2-9,16-17,21H,10-11H2,1H3,(H,22,25)(H,26,27)/t16-,17+/m0/s1. The number of carboxylic acid groups (broad SMARTS) is 1. The Balaban J connectivity index is 1.80. The summed E-state index contributed by atoms with van der Waals surface area (Å²) in [6, 6.07) is 9.61. The van der Waals surface area contributed by atoms with Crippen molar-refractivity contribution in [1.82, 2.24) is 14.3 Å². The van der Waals surface area contributed by atoms with E-state index >= 15 is 0 Å². The van der Waals surface area contributed by atoms with Gasteiger partial charge in [0.2, 0.25) is 0 Å². The number of carbonyl (C=O) groups is 3. The smallest absolute Gasteiger partial charge is 0.337 e. The van der Waals surface area contributed by atoms with E-state index in [9.17, 15) is 38.0 Å². The van der Waals surface area contributed by atoms with Crippen LogP contribution in [0.1, 0.15) is 21.5 Å². The van der Waals surface area contributed by atoms with Crippen molar-refractivity contribution < 1.29 is 37.6 Å². The monoisotopic (exact) mass is 492 g/mol. The predicted molar refractivity (Wildman–Crippen MR) is 116 cm³/mol. The Morgan fingerprint density at radius 1 is 1.18 bits per heavy atom. The molecule has 2 aromatic rings. The molecule has 14 heteroatoms. The van der Waals surface area contributed by atoms with E-state index in [-0.39, 0.29) is 24.2 Å². The molecule has 180 valence electrons. The van der Waals surface area contributed by atoms with Crippen LogP contribution in [0.15, 0.2) is 48.5 Å². The van der Waals surface area contributed by atoms with E-state index in [0.717, 1.165) is 4.31 Å². The summed E-state index contributed by atoms with van der Waals surface area (Å²) in [5.74, 6) is -2.88. The zero-order valence-corrected chi connectivity index (χ0v) is 18.5. The van der Waals surface area contributed by atoms with Gasteiger partial charge in [0.05, 0.1) is 17.6 Å². The first-order valence-corrected chi connectivity index (χ1v) is 11.2. The van der Waals surface area contributed by atoms with Crippen LogP contribution in [0.4, 0.5) is 5.69 Å². The van der Waals surface area contributed by atoms with Gasteiger partial charge in [0.25, 0.3) is 11.6 Å². The van der Waals surface area contributed by atoms with Gasteiger partial charge in [0.1, 0.15) is 6.04 Å². The largest absolute Gasteiger partial charge is 0.480 e. The number of esters is 1. The molecule has 0 radical (unpaired) electrons. The van der Waals surface area contributed by atoms with Gasteiger partial charge in [-0.1, -0.05) is 24.3 Å². The highest BCUT2D eigenvalue weighted by atomic mass is 32.2. The summed E-state index contributed by atoms with van der Waals surface area (Å²) in [4.78, 5) is 46.0. The number of non-ortho nitro benzene ring substituents is 1. The molecule has 3 rings (SSSR count). The van der Waals surface area contributed by atoms with Crippen molar-refractivity contribution in [3.63, 3.8) is 0 Å². The summed E-state index contributed by atoms with van der Waals surface area (Å²) in [6.45, 7) is -0.288. The summed E-state index contributed by atoms with van der Waals surface area (Å²) in [5.41, 5.74) is 0.932. The average molecular weight is 492 g/mol. The number of nitrogens with zero attached hydrogens (tertiary/aromatic N) is 2. The molecular formula is C20H20N4O9S. The summed E-state index contributed by atoms with van der Waals surface area (Å²) >= 11 is 0. The molecule has 0 saturated carbocycles. The fourth-order valence-corrected chi connectivity index (χ4v) is 4.52. The Morgan fingerprint density at radius 3 is 2.29 bits per heavy atom. The molecule has 0 spiro atoms. The third kappa shape index (κ3) is 5.54. The summed E-state index contributed by atoms with van der Waals surface area (Å²) in [7, 11) is -3.04. The van der Waals surface area contributed by atoms with Crippen LogP contribution in [0.3, 0.4) is 0 Å². The molecule has 1 aliphatic rings. The molecule has 1 fully saturated rings. The van der Waals surface area contributed by atoms with E-state index in [1.807, 2.05) is 4.72 Å². The molecule has 1 amide bonds. The Kier molecular flexibility index (Phi) is 7.24. The highest BCUT2D eigenvalue weighted by molar-refractivity contribution is 7.88. The third-order valence-electron chi connectivity index (χ3n) is 5.03. The van der Waals surface area contributed by atoms with Gasteiger partial charge in [-0.2, -0.15) is 12.7 Å². The number of nitro groups is 1. The number of nitro benzene ring substituents is 1. The van der Waals surface area contributed by atoms with Crippen LogP contribution in [-0.2, 0) is 37.5 Å². The lowest BCUT2D eigenvalue weighted by atomic mass is 10.1. The molecule has 0 aromatic heterocycles.